The van der Waals surface area contributed by atoms with Crippen molar-refractivity contribution in [2.75, 3.05) is 6.61 Å². The van der Waals surface area contributed by atoms with Gasteiger partial charge in [-0.15, -0.1) is 0 Å². The molecule has 1 rings (SSSR count). The zero-order valence-electron chi connectivity index (χ0n) is 14.7. The van der Waals surface area contributed by atoms with Gasteiger partial charge in [-0.2, -0.15) is 0 Å². The Morgan fingerprint density at radius 1 is 1.14 bits per heavy atom. The molecule has 0 saturated heterocycles. The van der Waals surface area contributed by atoms with E-state index in [4.69, 9.17) is 4.74 Å². The van der Waals surface area contributed by atoms with Crippen LogP contribution in [0.15, 0.2) is 30.4 Å². The molecule has 1 aromatic rings. The van der Waals surface area contributed by atoms with E-state index in [1.54, 1.807) is 0 Å². The van der Waals surface area contributed by atoms with Crippen molar-refractivity contribution >= 4 is 0 Å². The van der Waals surface area contributed by atoms with Crippen LogP contribution < -0.4 is 4.74 Å². The van der Waals surface area contributed by atoms with Gasteiger partial charge in [0.1, 0.15) is 5.75 Å². The Kier molecular flexibility index (Phi) is 7.01. The first-order chi connectivity index (χ1) is 9.90. The summed E-state index contributed by atoms with van der Waals surface area (Å²) in [7, 11) is 0. The quantitative estimate of drug-likeness (QED) is 0.540. The minimum Gasteiger partial charge on any atom is -0.493 e. The molecule has 0 aliphatic carbocycles. The topological polar surface area (TPSA) is 9.23 Å². The molecule has 0 fully saturated rings. The van der Waals surface area contributed by atoms with Gasteiger partial charge in [-0.1, -0.05) is 65.8 Å². The first-order valence-electron chi connectivity index (χ1n) is 8.32. The molecule has 0 spiro atoms. The van der Waals surface area contributed by atoms with Crippen molar-refractivity contribution in [3.63, 3.8) is 0 Å². The van der Waals surface area contributed by atoms with E-state index in [0.29, 0.717) is 5.92 Å². The van der Waals surface area contributed by atoms with Crippen LogP contribution in [0, 0.1) is 0 Å². The smallest absolute Gasteiger partial charge is 0.122 e. The van der Waals surface area contributed by atoms with Crippen LogP contribution in [0.3, 0.4) is 0 Å². The van der Waals surface area contributed by atoms with Gasteiger partial charge in [0.25, 0.3) is 0 Å². The molecule has 0 N–H and O–H groups in total. The summed E-state index contributed by atoms with van der Waals surface area (Å²) < 4.78 is 5.96. The lowest BCUT2D eigenvalue weighted by Crippen LogP contribution is -2.12. The Hall–Kier alpha value is -1.24. The van der Waals surface area contributed by atoms with E-state index in [0.717, 1.165) is 31.6 Å². The molecular formula is C20H32O. The molecule has 1 unspecified atom stereocenters. The summed E-state index contributed by atoms with van der Waals surface area (Å²) >= 11 is 0. The third-order valence-electron chi connectivity index (χ3n) is 3.76. The molecular weight excluding hydrogens is 256 g/mol. The van der Waals surface area contributed by atoms with Crippen LogP contribution in [0.5, 0.6) is 5.75 Å². The standard InChI is InChI=1S/C20H32O/c1-7-9-10-11-16(3)18-15-17(20(4,5)6)12-13-19(18)21-14-8-2/h9-10,12-13,15-16H,7-8,11,14H2,1-6H3/b10-9-. The molecule has 118 valence electrons. The van der Waals surface area contributed by atoms with Gasteiger partial charge >= 0.3 is 0 Å². The monoisotopic (exact) mass is 288 g/mol. The predicted molar refractivity (Wildman–Crippen MR) is 93.4 cm³/mol. The van der Waals surface area contributed by atoms with Gasteiger partial charge < -0.3 is 4.74 Å². The molecule has 0 radical (unpaired) electrons. The van der Waals surface area contributed by atoms with E-state index in [2.05, 4.69) is 71.9 Å². The van der Waals surface area contributed by atoms with Crippen LogP contribution in [0.1, 0.15) is 77.8 Å². The number of ether oxygens (including phenoxy) is 1. The fourth-order valence-corrected chi connectivity index (χ4v) is 2.34. The first-order valence-corrected chi connectivity index (χ1v) is 8.32. The normalized spacial score (nSPS) is 13.6. The second kappa shape index (κ2) is 8.26. The van der Waals surface area contributed by atoms with E-state index in [9.17, 15) is 0 Å². The average molecular weight is 288 g/mol. The van der Waals surface area contributed by atoms with E-state index in [1.165, 1.54) is 11.1 Å². The summed E-state index contributed by atoms with van der Waals surface area (Å²) in [5.74, 6) is 1.55. The Labute approximate surface area is 131 Å². The summed E-state index contributed by atoms with van der Waals surface area (Å²) in [5.41, 5.74) is 2.90. The average Bonchev–Trinajstić information content (AvgIpc) is 2.44. The molecule has 0 aliphatic rings. The number of hydrogen-bond donors (Lipinski definition) is 0. The van der Waals surface area contributed by atoms with Gasteiger partial charge in [-0.3, -0.25) is 0 Å². The lowest BCUT2D eigenvalue weighted by Gasteiger charge is -2.23. The van der Waals surface area contributed by atoms with Gasteiger partial charge in [0, 0.05) is 0 Å². The van der Waals surface area contributed by atoms with Crippen LogP contribution in [0.4, 0.5) is 0 Å². The lowest BCUT2D eigenvalue weighted by atomic mass is 9.84. The van der Waals surface area contributed by atoms with E-state index < -0.39 is 0 Å². The number of hydrogen-bond acceptors (Lipinski definition) is 1. The summed E-state index contributed by atoms with van der Waals surface area (Å²) in [6, 6.07) is 6.71. The van der Waals surface area contributed by atoms with Crippen molar-refractivity contribution in [1.29, 1.82) is 0 Å². The van der Waals surface area contributed by atoms with Crippen LogP contribution in [0.25, 0.3) is 0 Å². The van der Waals surface area contributed by atoms with Crippen LogP contribution in [-0.2, 0) is 5.41 Å². The van der Waals surface area contributed by atoms with Gasteiger partial charge in [-0.25, -0.2) is 0 Å². The van der Waals surface area contributed by atoms with E-state index >= 15 is 0 Å². The number of allylic oxidation sites excluding steroid dienone is 2. The fraction of sp³-hybridized carbons (Fsp3) is 0.600. The van der Waals surface area contributed by atoms with Crippen molar-refractivity contribution in [3.8, 4) is 5.75 Å². The Morgan fingerprint density at radius 3 is 2.43 bits per heavy atom. The van der Waals surface area contributed by atoms with Crippen LogP contribution in [0.2, 0.25) is 0 Å². The first kappa shape index (κ1) is 17.8. The zero-order valence-corrected chi connectivity index (χ0v) is 14.7. The molecule has 1 heteroatoms. The van der Waals surface area contributed by atoms with Crippen molar-refractivity contribution in [3.05, 3.63) is 41.5 Å². The summed E-state index contributed by atoms with van der Waals surface area (Å²) in [4.78, 5) is 0. The fourth-order valence-electron chi connectivity index (χ4n) is 2.34. The highest BCUT2D eigenvalue weighted by Crippen LogP contribution is 2.34. The summed E-state index contributed by atoms with van der Waals surface area (Å²) in [5, 5.41) is 0. The second-order valence-electron chi connectivity index (χ2n) is 6.87. The van der Waals surface area contributed by atoms with E-state index in [1.807, 2.05) is 0 Å². The predicted octanol–water partition coefficient (Wildman–Crippen LogP) is 6.23. The number of rotatable bonds is 7. The highest BCUT2D eigenvalue weighted by atomic mass is 16.5. The van der Waals surface area contributed by atoms with Crippen LogP contribution in [-0.4, -0.2) is 6.61 Å². The third-order valence-corrected chi connectivity index (χ3v) is 3.76. The van der Waals surface area contributed by atoms with E-state index in [-0.39, 0.29) is 5.41 Å². The molecule has 0 saturated carbocycles. The molecule has 0 heterocycles. The maximum absolute atomic E-state index is 5.96. The maximum atomic E-state index is 5.96. The largest absolute Gasteiger partial charge is 0.493 e. The minimum atomic E-state index is 0.178. The van der Waals surface area contributed by atoms with Crippen molar-refractivity contribution < 1.29 is 4.74 Å². The minimum absolute atomic E-state index is 0.178. The third kappa shape index (κ3) is 5.57. The van der Waals surface area contributed by atoms with Gasteiger partial charge in [-0.05, 0) is 47.8 Å². The lowest BCUT2D eigenvalue weighted by molar-refractivity contribution is 0.312. The zero-order chi connectivity index (χ0) is 15.9. The molecule has 1 nitrogen and oxygen atoms in total. The van der Waals surface area contributed by atoms with Crippen molar-refractivity contribution in [1.82, 2.24) is 0 Å². The summed E-state index contributed by atoms with van der Waals surface area (Å²) in [6.07, 6.45) is 7.76. The highest BCUT2D eigenvalue weighted by molar-refractivity contribution is 5.42. The molecule has 0 amide bonds. The second-order valence-corrected chi connectivity index (χ2v) is 6.87. The molecule has 0 aliphatic heterocycles. The maximum Gasteiger partial charge on any atom is 0.122 e. The number of benzene rings is 1. The van der Waals surface area contributed by atoms with Gasteiger partial charge in [0.15, 0.2) is 0 Å². The molecule has 0 bridgehead atoms. The van der Waals surface area contributed by atoms with Gasteiger partial charge in [0.2, 0.25) is 0 Å². The van der Waals surface area contributed by atoms with Crippen molar-refractivity contribution in [2.45, 2.75) is 72.1 Å². The molecule has 0 aromatic heterocycles. The highest BCUT2D eigenvalue weighted by Gasteiger charge is 2.18. The summed E-state index contributed by atoms with van der Waals surface area (Å²) in [6.45, 7) is 14.2. The van der Waals surface area contributed by atoms with Gasteiger partial charge in [0.05, 0.1) is 6.61 Å². The Morgan fingerprint density at radius 2 is 1.86 bits per heavy atom. The molecule has 1 atom stereocenters. The molecule has 1 aromatic carbocycles. The van der Waals surface area contributed by atoms with Crippen LogP contribution >= 0.6 is 0 Å². The Balaban J connectivity index is 3.06. The SMILES string of the molecule is CC/C=C\CC(C)c1cc(C(C)(C)C)ccc1OCCC. The van der Waals surface area contributed by atoms with Crippen molar-refractivity contribution in [2.24, 2.45) is 0 Å². The Bertz CT molecular complexity index is 451. The molecule has 21 heavy (non-hydrogen) atoms.